The van der Waals surface area contributed by atoms with Crippen molar-refractivity contribution in [1.82, 2.24) is 9.55 Å². The predicted molar refractivity (Wildman–Crippen MR) is 74.1 cm³/mol. The van der Waals surface area contributed by atoms with Gasteiger partial charge >= 0.3 is 0 Å². The second-order valence-electron chi connectivity index (χ2n) is 5.27. The number of benzene rings is 1. The van der Waals surface area contributed by atoms with Gasteiger partial charge in [-0.15, -0.1) is 0 Å². The molecule has 0 spiro atoms. The van der Waals surface area contributed by atoms with E-state index >= 15 is 0 Å². The molecule has 18 heavy (non-hydrogen) atoms. The van der Waals surface area contributed by atoms with Gasteiger partial charge in [0.25, 0.3) is 0 Å². The van der Waals surface area contributed by atoms with Crippen LogP contribution in [0.4, 0.5) is 5.95 Å². The summed E-state index contributed by atoms with van der Waals surface area (Å²) >= 11 is 0. The highest BCUT2D eigenvalue weighted by molar-refractivity contribution is 5.38. The summed E-state index contributed by atoms with van der Waals surface area (Å²) in [5.74, 6) is 1.00. The number of hydrogen-bond acceptors (Lipinski definition) is 2. The van der Waals surface area contributed by atoms with E-state index < -0.39 is 0 Å². The monoisotopic (exact) mass is 241 g/mol. The first-order valence-corrected chi connectivity index (χ1v) is 6.51. The van der Waals surface area contributed by atoms with Crippen molar-refractivity contribution in [2.24, 2.45) is 0 Å². The number of fused-ring (bicyclic) bond motifs is 1. The molecule has 3 rings (SSSR count). The molecule has 1 aliphatic rings. The third-order valence-corrected chi connectivity index (χ3v) is 3.52. The van der Waals surface area contributed by atoms with Crippen molar-refractivity contribution in [3.05, 3.63) is 46.8 Å². The number of imidazole rings is 1. The predicted octanol–water partition coefficient (Wildman–Crippen LogP) is 3.21. The zero-order chi connectivity index (χ0) is 12.7. The van der Waals surface area contributed by atoms with Crippen LogP contribution in [0.2, 0.25) is 0 Å². The van der Waals surface area contributed by atoms with Crippen LogP contribution in [0.15, 0.2) is 24.4 Å². The zero-order valence-electron chi connectivity index (χ0n) is 11.2. The Morgan fingerprint density at radius 3 is 2.61 bits per heavy atom. The lowest BCUT2D eigenvalue weighted by Crippen LogP contribution is -2.23. The first-order chi connectivity index (χ1) is 8.63. The fraction of sp³-hybridized carbons (Fsp3) is 0.400. The van der Waals surface area contributed by atoms with Crippen molar-refractivity contribution >= 4 is 5.95 Å². The molecule has 3 nitrogen and oxygen atoms in total. The second kappa shape index (κ2) is 4.16. The highest BCUT2D eigenvalue weighted by Crippen LogP contribution is 2.30. The average molecular weight is 241 g/mol. The van der Waals surface area contributed by atoms with Crippen LogP contribution in [-0.4, -0.2) is 16.1 Å². The fourth-order valence-corrected chi connectivity index (χ4v) is 2.87. The Balaban J connectivity index is 2.07. The highest BCUT2D eigenvalue weighted by atomic mass is 15.2. The van der Waals surface area contributed by atoms with Gasteiger partial charge in [0.1, 0.15) is 0 Å². The molecule has 1 aromatic carbocycles. The molecule has 0 saturated carbocycles. The number of aromatic nitrogens is 2. The average Bonchev–Trinajstić information content (AvgIpc) is 2.67. The lowest BCUT2D eigenvalue weighted by atomic mass is 9.98. The van der Waals surface area contributed by atoms with Crippen molar-refractivity contribution in [3.8, 4) is 0 Å². The van der Waals surface area contributed by atoms with Crippen LogP contribution in [0.3, 0.4) is 0 Å². The Hall–Kier alpha value is -1.77. The van der Waals surface area contributed by atoms with E-state index in [4.69, 9.17) is 0 Å². The Kier molecular flexibility index (Phi) is 2.62. The molecule has 1 N–H and O–H groups in total. The lowest BCUT2D eigenvalue weighted by molar-refractivity contribution is 0.530. The molecule has 2 aromatic rings. The molecule has 94 valence electrons. The van der Waals surface area contributed by atoms with E-state index in [1.54, 1.807) is 0 Å². The molecule has 2 heterocycles. The van der Waals surface area contributed by atoms with Crippen LogP contribution in [0.25, 0.3) is 0 Å². The summed E-state index contributed by atoms with van der Waals surface area (Å²) in [6, 6.07) is 7.23. The van der Waals surface area contributed by atoms with Gasteiger partial charge in [0, 0.05) is 12.7 Å². The molecule has 3 heteroatoms. The summed E-state index contributed by atoms with van der Waals surface area (Å²) in [5.41, 5.74) is 5.14. The first-order valence-electron chi connectivity index (χ1n) is 6.51. The van der Waals surface area contributed by atoms with Gasteiger partial charge in [0.05, 0.1) is 11.7 Å². The van der Waals surface area contributed by atoms with Gasteiger partial charge in [-0.25, -0.2) is 4.98 Å². The minimum atomic E-state index is 0.418. The van der Waals surface area contributed by atoms with Crippen molar-refractivity contribution in [2.45, 2.75) is 33.2 Å². The maximum absolute atomic E-state index is 4.52. The largest absolute Gasteiger partial charge is 0.356 e. The first kappa shape index (κ1) is 11.3. The maximum atomic E-state index is 4.52. The molecule has 1 unspecified atom stereocenters. The molecular formula is C15H19N3. The van der Waals surface area contributed by atoms with E-state index in [2.05, 4.69) is 53.1 Å². The summed E-state index contributed by atoms with van der Waals surface area (Å²) in [6.07, 6.45) is 3.26. The fourth-order valence-electron chi connectivity index (χ4n) is 2.87. The van der Waals surface area contributed by atoms with Gasteiger partial charge in [-0.3, -0.25) is 0 Å². The standard InChI is InChI=1S/C15H19N3/c1-10-6-11(2)8-13(7-10)14-4-5-16-15-17-12(3)9-18(14)15/h6-9,14H,4-5H2,1-3H3,(H,16,17). The molecule has 0 bridgehead atoms. The third kappa shape index (κ3) is 1.90. The van der Waals surface area contributed by atoms with Crippen LogP contribution in [-0.2, 0) is 0 Å². The quantitative estimate of drug-likeness (QED) is 0.830. The van der Waals surface area contributed by atoms with Crippen molar-refractivity contribution < 1.29 is 0 Å². The van der Waals surface area contributed by atoms with E-state index in [1.165, 1.54) is 16.7 Å². The van der Waals surface area contributed by atoms with E-state index in [0.717, 1.165) is 24.6 Å². The highest BCUT2D eigenvalue weighted by Gasteiger charge is 2.22. The SMILES string of the molecule is Cc1cc(C)cc(C2CCNc3nc(C)cn32)c1. The van der Waals surface area contributed by atoms with Crippen molar-refractivity contribution in [2.75, 3.05) is 11.9 Å². The molecule has 0 aliphatic carbocycles. The van der Waals surface area contributed by atoms with Crippen LogP contribution in [0.5, 0.6) is 0 Å². The minimum Gasteiger partial charge on any atom is -0.356 e. The Labute approximate surface area is 108 Å². The number of nitrogens with zero attached hydrogens (tertiary/aromatic N) is 2. The molecule has 1 aromatic heterocycles. The van der Waals surface area contributed by atoms with Crippen LogP contribution >= 0.6 is 0 Å². The van der Waals surface area contributed by atoms with E-state index in [-0.39, 0.29) is 0 Å². The molecular weight excluding hydrogens is 222 g/mol. The van der Waals surface area contributed by atoms with Crippen molar-refractivity contribution in [1.29, 1.82) is 0 Å². The summed E-state index contributed by atoms with van der Waals surface area (Å²) in [6.45, 7) is 7.37. The summed E-state index contributed by atoms with van der Waals surface area (Å²) in [7, 11) is 0. The number of anilines is 1. The van der Waals surface area contributed by atoms with E-state index in [1.807, 2.05) is 6.92 Å². The van der Waals surface area contributed by atoms with Gasteiger partial charge in [0.15, 0.2) is 0 Å². The lowest BCUT2D eigenvalue weighted by Gasteiger charge is -2.27. The van der Waals surface area contributed by atoms with Crippen LogP contribution in [0.1, 0.15) is 34.8 Å². The zero-order valence-corrected chi connectivity index (χ0v) is 11.2. The molecule has 0 radical (unpaired) electrons. The van der Waals surface area contributed by atoms with Gasteiger partial charge < -0.3 is 9.88 Å². The van der Waals surface area contributed by atoms with Gasteiger partial charge in [-0.05, 0) is 32.8 Å². The Morgan fingerprint density at radius 2 is 1.89 bits per heavy atom. The minimum absolute atomic E-state index is 0.418. The van der Waals surface area contributed by atoms with Crippen LogP contribution < -0.4 is 5.32 Å². The molecule has 0 saturated heterocycles. The Bertz CT molecular complexity index is 563. The molecule has 1 atom stereocenters. The topological polar surface area (TPSA) is 29.9 Å². The maximum Gasteiger partial charge on any atom is 0.203 e. The molecule has 0 fully saturated rings. The van der Waals surface area contributed by atoms with Crippen LogP contribution in [0, 0.1) is 20.8 Å². The van der Waals surface area contributed by atoms with Gasteiger partial charge in [0.2, 0.25) is 5.95 Å². The number of rotatable bonds is 1. The third-order valence-electron chi connectivity index (χ3n) is 3.52. The molecule has 0 amide bonds. The number of hydrogen-bond donors (Lipinski definition) is 1. The summed E-state index contributed by atoms with van der Waals surface area (Å²) in [4.78, 5) is 4.52. The van der Waals surface area contributed by atoms with Crippen molar-refractivity contribution in [3.63, 3.8) is 0 Å². The van der Waals surface area contributed by atoms with E-state index in [0.29, 0.717) is 6.04 Å². The number of nitrogens with one attached hydrogen (secondary N) is 1. The van der Waals surface area contributed by atoms with Gasteiger partial charge in [-0.1, -0.05) is 29.3 Å². The number of aryl methyl sites for hydroxylation is 3. The second-order valence-corrected chi connectivity index (χ2v) is 5.27. The summed E-state index contributed by atoms with van der Waals surface area (Å²) < 4.78 is 2.27. The smallest absolute Gasteiger partial charge is 0.203 e. The van der Waals surface area contributed by atoms with Gasteiger partial charge in [-0.2, -0.15) is 0 Å². The molecule has 1 aliphatic heterocycles. The van der Waals surface area contributed by atoms with E-state index in [9.17, 15) is 0 Å². The Morgan fingerprint density at radius 1 is 1.17 bits per heavy atom. The summed E-state index contributed by atoms with van der Waals surface area (Å²) in [5, 5.41) is 3.36. The normalized spacial score (nSPS) is 18.3.